The van der Waals surface area contributed by atoms with Crippen molar-refractivity contribution in [2.75, 3.05) is 6.54 Å². The van der Waals surface area contributed by atoms with Gasteiger partial charge in [-0.25, -0.2) is 9.97 Å². The second kappa shape index (κ2) is 6.33. The molecule has 108 valence electrons. The smallest absolute Gasteiger partial charge is 0.0999 e. The van der Waals surface area contributed by atoms with Crippen molar-refractivity contribution in [2.45, 2.75) is 52.0 Å². The third-order valence-corrected chi connectivity index (χ3v) is 5.46. The summed E-state index contributed by atoms with van der Waals surface area (Å²) in [4.78, 5) is 10.9. The molecule has 0 amide bonds. The molecule has 0 bridgehead atoms. The van der Waals surface area contributed by atoms with Gasteiger partial charge < -0.3 is 5.32 Å². The molecule has 3 nitrogen and oxygen atoms in total. The number of aromatic nitrogens is 2. The van der Waals surface area contributed by atoms with Crippen LogP contribution in [-0.4, -0.2) is 16.5 Å². The van der Waals surface area contributed by atoms with Crippen molar-refractivity contribution in [1.29, 1.82) is 0 Å². The molecule has 0 saturated heterocycles. The number of hydrogen-bond acceptors (Lipinski definition) is 5. The molecule has 1 fully saturated rings. The van der Waals surface area contributed by atoms with E-state index in [-0.39, 0.29) is 0 Å². The number of thiazole rings is 2. The molecule has 20 heavy (non-hydrogen) atoms. The zero-order valence-corrected chi connectivity index (χ0v) is 13.7. The number of nitrogens with zero attached hydrogens (tertiary/aromatic N) is 2. The summed E-state index contributed by atoms with van der Waals surface area (Å²) in [5.74, 6) is 0.733. The second-order valence-corrected chi connectivity index (χ2v) is 7.54. The minimum atomic E-state index is 0.733. The van der Waals surface area contributed by atoms with Gasteiger partial charge in [0.15, 0.2) is 0 Å². The maximum atomic E-state index is 4.90. The Morgan fingerprint density at radius 3 is 2.80 bits per heavy atom. The monoisotopic (exact) mass is 307 g/mol. The Morgan fingerprint density at radius 1 is 1.30 bits per heavy atom. The number of nitrogens with one attached hydrogen (secondary N) is 1. The number of rotatable bonds is 7. The van der Waals surface area contributed by atoms with Crippen LogP contribution in [0.4, 0.5) is 0 Å². The van der Waals surface area contributed by atoms with Gasteiger partial charge in [-0.2, -0.15) is 0 Å². The predicted octanol–water partition coefficient (Wildman–Crippen LogP) is 3.88. The summed E-state index contributed by atoms with van der Waals surface area (Å²) in [6, 6.07) is 0. The summed E-state index contributed by atoms with van der Waals surface area (Å²) >= 11 is 3.62. The molecule has 1 N–H and O–H groups in total. The van der Waals surface area contributed by atoms with Gasteiger partial charge in [0, 0.05) is 28.4 Å². The highest BCUT2D eigenvalue weighted by Crippen LogP contribution is 2.42. The molecule has 1 aliphatic rings. The summed E-state index contributed by atoms with van der Waals surface area (Å²) < 4.78 is 0. The van der Waals surface area contributed by atoms with Crippen molar-refractivity contribution < 1.29 is 0 Å². The average Bonchev–Trinajstić information content (AvgIpc) is 3.08. The molecule has 0 aromatic carbocycles. The van der Waals surface area contributed by atoms with E-state index in [2.05, 4.69) is 29.5 Å². The Kier molecular flexibility index (Phi) is 4.48. The highest BCUT2D eigenvalue weighted by atomic mass is 32.1. The second-order valence-electron chi connectivity index (χ2n) is 5.43. The lowest BCUT2D eigenvalue weighted by Gasteiger charge is -2.01. The van der Waals surface area contributed by atoms with E-state index in [1.807, 2.05) is 11.3 Å². The summed E-state index contributed by atoms with van der Waals surface area (Å²) in [7, 11) is 0. The fraction of sp³-hybridized carbons (Fsp3) is 0.600. The Bertz CT molecular complexity index is 569. The van der Waals surface area contributed by atoms with Crippen molar-refractivity contribution in [2.24, 2.45) is 0 Å². The Morgan fingerprint density at radius 2 is 2.15 bits per heavy atom. The van der Waals surface area contributed by atoms with Crippen molar-refractivity contribution in [3.8, 4) is 0 Å². The van der Waals surface area contributed by atoms with E-state index < -0.39 is 0 Å². The van der Waals surface area contributed by atoms with Gasteiger partial charge >= 0.3 is 0 Å². The Labute approximate surface area is 128 Å². The molecule has 5 heteroatoms. The molecule has 2 aromatic heterocycles. The van der Waals surface area contributed by atoms with Gasteiger partial charge in [-0.15, -0.1) is 22.7 Å². The first-order chi connectivity index (χ1) is 9.76. The van der Waals surface area contributed by atoms with Crippen LogP contribution < -0.4 is 5.32 Å². The van der Waals surface area contributed by atoms with Crippen molar-refractivity contribution in [3.05, 3.63) is 31.7 Å². The molecule has 2 heterocycles. The highest BCUT2D eigenvalue weighted by molar-refractivity contribution is 7.12. The lowest BCUT2D eigenvalue weighted by atomic mass is 10.2. The zero-order valence-electron chi connectivity index (χ0n) is 12.1. The van der Waals surface area contributed by atoms with E-state index in [1.165, 1.54) is 39.8 Å². The van der Waals surface area contributed by atoms with Gasteiger partial charge in [-0.05, 0) is 32.7 Å². The van der Waals surface area contributed by atoms with Crippen LogP contribution in [0.3, 0.4) is 0 Å². The van der Waals surface area contributed by atoms with Crippen LogP contribution in [0.5, 0.6) is 0 Å². The zero-order chi connectivity index (χ0) is 13.9. The van der Waals surface area contributed by atoms with Crippen molar-refractivity contribution in [3.63, 3.8) is 0 Å². The van der Waals surface area contributed by atoms with Crippen LogP contribution in [-0.2, 0) is 13.0 Å². The van der Waals surface area contributed by atoms with E-state index in [0.717, 1.165) is 31.1 Å². The van der Waals surface area contributed by atoms with Crippen LogP contribution in [0.1, 0.15) is 58.4 Å². The minimum absolute atomic E-state index is 0.733. The van der Waals surface area contributed by atoms with Gasteiger partial charge in [0.25, 0.3) is 0 Å². The summed E-state index contributed by atoms with van der Waals surface area (Å²) in [6.07, 6.45) is 4.72. The van der Waals surface area contributed by atoms with Crippen molar-refractivity contribution in [1.82, 2.24) is 15.3 Å². The molecule has 1 saturated carbocycles. The van der Waals surface area contributed by atoms with Gasteiger partial charge in [-0.3, -0.25) is 0 Å². The third kappa shape index (κ3) is 3.45. The first kappa shape index (κ1) is 14.2. The maximum absolute atomic E-state index is 4.90. The lowest BCUT2D eigenvalue weighted by Crippen LogP contribution is -2.13. The van der Waals surface area contributed by atoms with E-state index >= 15 is 0 Å². The number of aryl methyl sites for hydroxylation is 1. The van der Waals surface area contributed by atoms with Gasteiger partial charge in [0.05, 0.1) is 22.1 Å². The average molecular weight is 307 g/mol. The Balaban J connectivity index is 1.72. The fourth-order valence-corrected chi connectivity index (χ4v) is 4.28. The van der Waals surface area contributed by atoms with Crippen molar-refractivity contribution >= 4 is 22.7 Å². The largest absolute Gasteiger partial charge is 0.312 e. The molecule has 1 aliphatic carbocycles. The van der Waals surface area contributed by atoms with Gasteiger partial charge in [0.1, 0.15) is 0 Å². The van der Waals surface area contributed by atoms with E-state index in [1.54, 1.807) is 11.3 Å². The SMILES string of the molecule is CCCNCc1sc(Cc2nc(C)cs2)nc1C1CC1. The summed E-state index contributed by atoms with van der Waals surface area (Å²) in [5, 5.41) is 8.05. The topological polar surface area (TPSA) is 37.8 Å². The standard InChI is InChI=1S/C15H21N3S2/c1-3-6-16-8-12-15(11-4-5-11)18-14(20-12)7-13-17-10(2)9-19-13/h9,11,16H,3-8H2,1-2H3. The normalized spacial score (nSPS) is 14.9. The lowest BCUT2D eigenvalue weighted by molar-refractivity contribution is 0.676. The van der Waals surface area contributed by atoms with Crippen LogP contribution in [0.25, 0.3) is 0 Å². The number of hydrogen-bond donors (Lipinski definition) is 1. The minimum Gasteiger partial charge on any atom is -0.312 e. The fourth-order valence-electron chi connectivity index (χ4n) is 2.28. The van der Waals surface area contributed by atoms with Crippen LogP contribution in [0.2, 0.25) is 0 Å². The first-order valence-electron chi connectivity index (χ1n) is 7.36. The van der Waals surface area contributed by atoms with E-state index in [9.17, 15) is 0 Å². The molecular formula is C15H21N3S2. The van der Waals surface area contributed by atoms with Crippen LogP contribution >= 0.6 is 22.7 Å². The summed E-state index contributed by atoms with van der Waals surface area (Å²) in [6.45, 7) is 6.33. The quantitative estimate of drug-likeness (QED) is 0.789. The maximum Gasteiger partial charge on any atom is 0.0999 e. The molecule has 0 aliphatic heterocycles. The molecular weight excluding hydrogens is 286 g/mol. The molecule has 0 spiro atoms. The molecule has 0 radical (unpaired) electrons. The third-order valence-electron chi connectivity index (χ3n) is 3.42. The summed E-state index contributed by atoms with van der Waals surface area (Å²) in [5.41, 5.74) is 2.48. The molecule has 0 atom stereocenters. The molecule has 0 unspecified atom stereocenters. The molecule has 3 rings (SSSR count). The Hall–Kier alpha value is -0.780. The first-order valence-corrected chi connectivity index (χ1v) is 9.06. The van der Waals surface area contributed by atoms with Crippen LogP contribution in [0, 0.1) is 6.92 Å². The van der Waals surface area contributed by atoms with Crippen LogP contribution in [0.15, 0.2) is 5.38 Å². The van der Waals surface area contributed by atoms with E-state index in [4.69, 9.17) is 4.98 Å². The van der Waals surface area contributed by atoms with E-state index in [0.29, 0.717) is 0 Å². The van der Waals surface area contributed by atoms with Gasteiger partial charge in [-0.1, -0.05) is 6.92 Å². The highest BCUT2D eigenvalue weighted by Gasteiger charge is 2.29. The molecule has 2 aromatic rings. The van der Waals surface area contributed by atoms with Gasteiger partial charge in [0.2, 0.25) is 0 Å². The predicted molar refractivity (Wildman–Crippen MR) is 85.7 cm³/mol.